The quantitative estimate of drug-likeness (QED) is 0.869. The molecule has 1 N–H and O–H groups in total. The van der Waals surface area contributed by atoms with E-state index in [1.54, 1.807) is 24.3 Å². The first kappa shape index (κ1) is 13.9. The molecule has 0 aliphatic carbocycles. The number of ether oxygens (including phenoxy) is 1. The average Bonchev–Trinajstić information content (AvgIpc) is 2.46. The lowest BCUT2D eigenvalue weighted by atomic mass is 10.0. The van der Waals surface area contributed by atoms with Crippen molar-refractivity contribution >= 4 is 11.5 Å². The molecular weight excluding hydrogens is 254 g/mol. The van der Waals surface area contributed by atoms with Crippen molar-refractivity contribution in [3.05, 3.63) is 53.6 Å². The van der Waals surface area contributed by atoms with Gasteiger partial charge < -0.3 is 14.7 Å². The summed E-state index contributed by atoms with van der Waals surface area (Å²) in [4.78, 5) is 14.3. The topological polar surface area (TPSA) is 49.8 Å². The molecule has 0 amide bonds. The maximum Gasteiger partial charge on any atom is 0.196 e. The minimum absolute atomic E-state index is 0.0777. The molecule has 0 heterocycles. The van der Waals surface area contributed by atoms with Crippen LogP contribution in [0.1, 0.15) is 15.9 Å². The van der Waals surface area contributed by atoms with Crippen LogP contribution in [-0.2, 0) is 0 Å². The molecule has 0 fully saturated rings. The summed E-state index contributed by atoms with van der Waals surface area (Å²) in [5.41, 5.74) is 1.82. The van der Waals surface area contributed by atoms with E-state index in [2.05, 4.69) is 0 Å². The second-order valence-electron chi connectivity index (χ2n) is 4.65. The molecule has 0 atom stereocenters. The van der Waals surface area contributed by atoms with Crippen molar-refractivity contribution in [1.82, 2.24) is 0 Å². The Labute approximate surface area is 118 Å². The Hall–Kier alpha value is -2.49. The number of carbonyl (C=O) groups is 1. The van der Waals surface area contributed by atoms with Gasteiger partial charge in [0, 0.05) is 31.4 Å². The predicted molar refractivity (Wildman–Crippen MR) is 78.9 cm³/mol. The lowest BCUT2D eigenvalue weighted by molar-refractivity contribution is 0.103. The summed E-state index contributed by atoms with van der Waals surface area (Å²) in [6.45, 7) is 0. The standard InChI is InChI=1S/C16H17NO3/c1-17(2)12-6-4-11(5-7-12)16(19)14-9-8-13(20-3)10-15(14)18/h4-10,18H,1-3H3. The zero-order valence-corrected chi connectivity index (χ0v) is 11.8. The first-order valence-corrected chi connectivity index (χ1v) is 6.22. The van der Waals surface area contributed by atoms with Crippen molar-refractivity contribution in [3.8, 4) is 11.5 Å². The number of carbonyl (C=O) groups excluding carboxylic acids is 1. The fourth-order valence-electron chi connectivity index (χ4n) is 1.90. The van der Waals surface area contributed by atoms with Gasteiger partial charge in [0.25, 0.3) is 0 Å². The first-order chi connectivity index (χ1) is 9.52. The number of ketones is 1. The van der Waals surface area contributed by atoms with E-state index in [0.717, 1.165) is 5.69 Å². The number of rotatable bonds is 4. The van der Waals surface area contributed by atoms with Gasteiger partial charge in [-0.2, -0.15) is 0 Å². The number of anilines is 1. The number of benzene rings is 2. The largest absolute Gasteiger partial charge is 0.507 e. The van der Waals surface area contributed by atoms with Crippen molar-refractivity contribution in [2.24, 2.45) is 0 Å². The Kier molecular flexibility index (Phi) is 3.94. The molecule has 2 rings (SSSR count). The van der Waals surface area contributed by atoms with Gasteiger partial charge >= 0.3 is 0 Å². The second kappa shape index (κ2) is 5.65. The SMILES string of the molecule is COc1ccc(C(=O)c2ccc(N(C)C)cc2)c(O)c1. The van der Waals surface area contributed by atoms with Crippen molar-refractivity contribution in [1.29, 1.82) is 0 Å². The van der Waals surface area contributed by atoms with Gasteiger partial charge in [0.2, 0.25) is 0 Å². The number of aromatic hydroxyl groups is 1. The van der Waals surface area contributed by atoms with Gasteiger partial charge in [-0.3, -0.25) is 4.79 Å². The van der Waals surface area contributed by atoms with Crippen LogP contribution in [0.5, 0.6) is 11.5 Å². The van der Waals surface area contributed by atoms with E-state index < -0.39 is 0 Å². The number of methoxy groups -OCH3 is 1. The summed E-state index contributed by atoms with van der Waals surface area (Å²) in [6.07, 6.45) is 0. The molecule has 0 saturated carbocycles. The Morgan fingerprint density at radius 3 is 2.25 bits per heavy atom. The van der Waals surface area contributed by atoms with E-state index in [4.69, 9.17) is 4.74 Å². The van der Waals surface area contributed by atoms with Gasteiger partial charge in [0.15, 0.2) is 5.78 Å². The number of hydrogen-bond donors (Lipinski definition) is 1. The molecule has 0 spiro atoms. The third kappa shape index (κ3) is 2.74. The number of phenols is 1. The molecule has 0 radical (unpaired) electrons. The summed E-state index contributed by atoms with van der Waals surface area (Å²) < 4.78 is 5.00. The van der Waals surface area contributed by atoms with Crippen LogP contribution >= 0.6 is 0 Å². The highest BCUT2D eigenvalue weighted by Gasteiger charge is 2.14. The molecule has 0 aliphatic heterocycles. The number of nitrogens with zero attached hydrogens (tertiary/aromatic N) is 1. The van der Waals surface area contributed by atoms with Crippen LogP contribution in [0.4, 0.5) is 5.69 Å². The molecular formula is C16H17NO3. The highest BCUT2D eigenvalue weighted by molar-refractivity contribution is 6.10. The van der Waals surface area contributed by atoms with E-state index in [9.17, 15) is 9.90 Å². The summed E-state index contributed by atoms with van der Waals surface area (Å²) in [5.74, 6) is 0.225. The minimum atomic E-state index is -0.213. The lowest BCUT2D eigenvalue weighted by Gasteiger charge is -2.12. The molecule has 2 aromatic carbocycles. The summed E-state index contributed by atoms with van der Waals surface area (Å²) in [5, 5.41) is 9.89. The van der Waals surface area contributed by atoms with E-state index in [-0.39, 0.29) is 17.1 Å². The average molecular weight is 271 g/mol. The van der Waals surface area contributed by atoms with E-state index in [1.807, 2.05) is 31.1 Å². The highest BCUT2D eigenvalue weighted by atomic mass is 16.5. The molecule has 0 saturated heterocycles. The van der Waals surface area contributed by atoms with Gasteiger partial charge in [-0.15, -0.1) is 0 Å². The molecule has 0 aromatic heterocycles. The van der Waals surface area contributed by atoms with E-state index in [0.29, 0.717) is 11.3 Å². The Bertz CT molecular complexity index is 618. The molecule has 20 heavy (non-hydrogen) atoms. The summed E-state index contributed by atoms with van der Waals surface area (Å²) >= 11 is 0. The van der Waals surface area contributed by atoms with Crippen LogP contribution in [0.3, 0.4) is 0 Å². The third-order valence-electron chi connectivity index (χ3n) is 3.10. The highest BCUT2D eigenvalue weighted by Crippen LogP contribution is 2.26. The van der Waals surface area contributed by atoms with Crippen molar-refractivity contribution in [2.45, 2.75) is 0 Å². The molecule has 0 bridgehead atoms. The van der Waals surface area contributed by atoms with Crippen LogP contribution < -0.4 is 9.64 Å². The molecule has 0 aliphatic rings. The molecule has 0 unspecified atom stereocenters. The van der Waals surface area contributed by atoms with Crippen LogP contribution in [0, 0.1) is 0 Å². The Morgan fingerprint density at radius 2 is 1.75 bits per heavy atom. The maximum atomic E-state index is 12.3. The van der Waals surface area contributed by atoms with Crippen LogP contribution in [-0.4, -0.2) is 32.1 Å². The van der Waals surface area contributed by atoms with Crippen molar-refractivity contribution < 1.29 is 14.6 Å². The lowest BCUT2D eigenvalue weighted by Crippen LogP contribution is -2.09. The van der Waals surface area contributed by atoms with E-state index in [1.165, 1.54) is 13.2 Å². The minimum Gasteiger partial charge on any atom is -0.507 e. The number of hydrogen-bond acceptors (Lipinski definition) is 4. The monoisotopic (exact) mass is 271 g/mol. The van der Waals surface area contributed by atoms with E-state index >= 15 is 0 Å². The van der Waals surface area contributed by atoms with Gasteiger partial charge in [0.1, 0.15) is 11.5 Å². The van der Waals surface area contributed by atoms with Crippen molar-refractivity contribution in [3.63, 3.8) is 0 Å². The second-order valence-corrected chi connectivity index (χ2v) is 4.65. The fourth-order valence-corrected chi connectivity index (χ4v) is 1.90. The smallest absolute Gasteiger partial charge is 0.196 e. The zero-order chi connectivity index (χ0) is 14.7. The van der Waals surface area contributed by atoms with Gasteiger partial charge in [-0.05, 0) is 36.4 Å². The van der Waals surface area contributed by atoms with Crippen LogP contribution in [0.25, 0.3) is 0 Å². The number of phenolic OH excluding ortho intramolecular Hbond substituents is 1. The summed E-state index contributed by atoms with van der Waals surface area (Å²) in [6, 6.07) is 11.9. The third-order valence-corrected chi connectivity index (χ3v) is 3.10. The fraction of sp³-hybridized carbons (Fsp3) is 0.188. The Morgan fingerprint density at radius 1 is 1.10 bits per heavy atom. The van der Waals surface area contributed by atoms with Crippen molar-refractivity contribution in [2.75, 3.05) is 26.1 Å². The maximum absolute atomic E-state index is 12.3. The molecule has 104 valence electrons. The van der Waals surface area contributed by atoms with Gasteiger partial charge in [-0.25, -0.2) is 0 Å². The Balaban J connectivity index is 2.31. The first-order valence-electron chi connectivity index (χ1n) is 6.22. The molecule has 2 aromatic rings. The molecule has 4 nitrogen and oxygen atoms in total. The van der Waals surface area contributed by atoms with Gasteiger partial charge in [0.05, 0.1) is 12.7 Å². The summed E-state index contributed by atoms with van der Waals surface area (Å²) in [7, 11) is 5.38. The normalized spacial score (nSPS) is 10.2. The van der Waals surface area contributed by atoms with Crippen LogP contribution in [0.2, 0.25) is 0 Å². The van der Waals surface area contributed by atoms with Gasteiger partial charge in [-0.1, -0.05) is 0 Å². The van der Waals surface area contributed by atoms with Crippen LogP contribution in [0.15, 0.2) is 42.5 Å². The predicted octanol–water partition coefficient (Wildman–Crippen LogP) is 2.70. The molecule has 4 heteroatoms. The zero-order valence-electron chi connectivity index (χ0n) is 11.8.